The zero-order valence-electron chi connectivity index (χ0n) is 13.4. The minimum atomic E-state index is 0.304. The second-order valence-electron chi connectivity index (χ2n) is 5.97. The summed E-state index contributed by atoms with van der Waals surface area (Å²) in [7, 11) is 4.07. The molecule has 0 bridgehead atoms. The predicted octanol–water partition coefficient (Wildman–Crippen LogP) is 2.88. The van der Waals surface area contributed by atoms with Gasteiger partial charge in [0.15, 0.2) is 11.5 Å². The molecule has 0 fully saturated rings. The van der Waals surface area contributed by atoms with Crippen LogP contribution in [0.2, 0.25) is 0 Å². The van der Waals surface area contributed by atoms with Gasteiger partial charge in [-0.3, -0.25) is 0 Å². The van der Waals surface area contributed by atoms with Crippen LogP contribution in [-0.2, 0) is 6.54 Å². The molecule has 0 aliphatic carbocycles. The summed E-state index contributed by atoms with van der Waals surface area (Å²) in [4.78, 5) is 4.41. The first kappa shape index (κ1) is 14.1. The number of nitrogens with zero attached hydrogens (tertiary/aromatic N) is 2. The Kier molecular flexibility index (Phi) is 3.41. The highest BCUT2D eigenvalue weighted by Crippen LogP contribution is 2.39. The van der Waals surface area contributed by atoms with Crippen molar-refractivity contribution in [2.75, 3.05) is 43.8 Å². The normalized spacial score (nSPS) is 15.1. The summed E-state index contributed by atoms with van der Waals surface area (Å²) >= 11 is 0. The molecule has 0 unspecified atom stereocenters. The van der Waals surface area contributed by atoms with E-state index in [1.807, 2.05) is 26.2 Å². The van der Waals surface area contributed by atoms with E-state index in [1.54, 1.807) is 0 Å². The average molecular weight is 312 g/mol. The van der Waals surface area contributed by atoms with Crippen molar-refractivity contribution in [3.05, 3.63) is 42.0 Å². The average Bonchev–Trinajstić information content (AvgIpc) is 3.04. The lowest BCUT2D eigenvalue weighted by Gasteiger charge is -2.32. The van der Waals surface area contributed by atoms with Crippen LogP contribution in [-0.4, -0.2) is 34.0 Å². The smallest absolute Gasteiger partial charge is 0.231 e. The third-order valence-corrected chi connectivity index (χ3v) is 4.26. The molecule has 0 spiro atoms. The fraction of sp³-hybridized carbons (Fsp3) is 0.333. The van der Waals surface area contributed by atoms with Crippen LogP contribution >= 0.6 is 0 Å². The minimum Gasteiger partial charge on any atom is -0.489 e. The summed E-state index contributed by atoms with van der Waals surface area (Å²) < 4.78 is 16.9. The van der Waals surface area contributed by atoms with E-state index in [1.165, 1.54) is 0 Å². The van der Waals surface area contributed by atoms with Gasteiger partial charge in [-0.1, -0.05) is 12.1 Å². The van der Waals surface area contributed by atoms with Gasteiger partial charge in [0.25, 0.3) is 0 Å². The monoisotopic (exact) mass is 312 g/mol. The lowest BCUT2D eigenvalue weighted by Crippen LogP contribution is -2.32. The van der Waals surface area contributed by atoms with E-state index in [0.29, 0.717) is 13.4 Å². The van der Waals surface area contributed by atoms with Crippen molar-refractivity contribution in [2.45, 2.75) is 6.54 Å². The van der Waals surface area contributed by atoms with Gasteiger partial charge in [0.05, 0.1) is 12.2 Å². The number of rotatable bonds is 3. The third-order valence-electron chi connectivity index (χ3n) is 4.26. The van der Waals surface area contributed by atoms with E-state index in [-0.39, 0.29) is 0 Å². The van der Waals surface area contributed by atoms with Crippen LogP contribution in [0, 0.1) is 0 Å². The zero-order chi connectivity index (χ0) is 15.8. The first-order valence-electron chi connectivity index (χ1n) is 7.79. The van der Waals surface area contributed by atoms with Crippen LogP contribution in [0.25, 0.3) is 0 Å². The largest absolute Gasteiger partial charge is 0.489 e. The molecule has 2 aromatic carbocycles. The Bertz CT molecular complexity index is 730. The van der Waals surface area contributed by atoms with Crippen molar-refractivity contribution in [2.24, 2.45) is 0 Å². The lowest BCUT2D eigenvalue weighted by molar-refractivity contribution is 0.173. The summed E-state index contributed by atoms with van der Waals surface area (Å²) in [6.07, 6.45) is 0. The molecule has 5 nitrogen and oxygen atoms in total. The van der Waals surface area contributed by atoms with Crippen LogP contribution in [0.5, 0.6) is 17.2 Å². The van der Waals surface area contributed by atoms with Crippen LogP contribution in [0.1, 0.15) is 5.56 Å². The Morgan fingerprint density at radius 2 is 1.96 bits per heavy atom. The molecule has 0 saturated carbocycles. The summed E-state index contributed by atoms with van der Waals surface area (Å²) in [5, 5.41) is 0. The van der Waals surface area contributed by atoms with Crippen molar-refractivity contribution in [1.29, 1.82) is 0 Å². The fourth-order valence-electron chi connectivity index (χ4n) is 3.03. The van der Waals surface area contributed by atoms with Gasteiger partial charge < -0.3 is 24.0 Å². The molecule has 0 N–H and O–H groups in total. The van der Waals surface area contributed by atoms with Crippen molar-refractivity contribution >= 4 is 11.4 Å². The van der Waals surface area contributed by atoms with Gasteiger partial charge in [-0.15, -0.1) is 0 Å². The number of para-hydroxylation sites is 1. The maximum Gasteiger partial charge on any atom is 0.231 e. The number of fused-ring (bicyclic) bond motifs is 2. The van der Waals surface area contributed by atoms with Gasteiger partial charge in [-0.2, -0.15) is 0 Å². The molecule has 5 heteroatoms. The Labute approximate surface area is 136 Å². The SMILES string of the molecule is CN(C)c1ccc2c(c1)OCCN2Cc1cccc2c1OCO2. The number of hydrogen-bond acceptors (Lipinski definition) is 5. The second-order valence-corrected chi connectivity index (χ2v) is 5.97. The highest BCUT2D eigenvalue weighted by molar-refractivity contribution is 5.67. The highest BCUT2D eigenvalue weighted by atomic mass is 16.7. The van der Waals surface area contributed by atoms with Gasteiger partial charge in [0.2, 0.25) is 6.79 Å². The third kappa shape index (κ3) is 2.52. The molecule has 2 aliphatic heterocycles. The summed E-state index contributed by atoms with van der Waals surface area (Å²) in [5.41, 5.74) is 3.41. The molecular formula is C18H20N2O3. The van der Waals surface area contributed by atoms with E-state index in [4.69, 9.17) is 14.2 Å². The molecule has 2 aromatic rings. The van der Waals surface area contributed by atoms with E-state index in [0.717, 1.165) is 47.3 Å². The quantitative estimate of drug-likeness (QED) is 0.870. The van der Waals surface area contributed by atoms with E-state index in [2.05, 4.69) is 34.1 Å². The maximum absolute atomic E-state index is 5.85. The van der Waals surface area contributed by atoms with Gasteiger partial charge >= 0.3 is 0 Å². The zero-order valence-corrected chi connectivity index (χ0v) is 13.4. The molecule has 2 aliphatic rings. The van der Waals surface area contributed by atoms with Crippen LogP contribution in [0.4, 0.5) is 11.4 Å². The van der Waals surface area contributed by atoms with E-state index in [9.17, 15) is 0 Å². The highest BCUT2D eigenvalue weighted by Gasteiger charge is 2.23. The standard InChI is InChI=1S/C18H20N2O3/c1-19(2)14-6-7-15-17(10-14)21-9-8-20(15)11-13-4-3-5-16-18(13)23-12-22-16/h3-7,10H,8-9,11-12H2,1-2H3. The van der Waals surface area contributed by atoms with Gasteiger partial charge in [0.1, 0.15) is 12.4 Å². The number of benzene rings is 2. The molecule has 0 radical (unpaired) electrons. The maximum atomic E-state index is 5.85. The Morgan fingerprint density at radius 1 is 1.04 bits per heavy atom. The van der Waals surface area contributed by atoms with Crippen LogP contribution < -0.4 is 24.0 Å². The van der Waals surface area contributed by atoms with E-state index < -0.39 is 0 Å². The minimum absolute atomic E-state index is 0.304. The summed E-state index contributed by atoms with van der Waals surface area (Å²) in [5.74, 6) is 2.64. The van der Waals surface area contributed by atoms with Gasteiger partial charge in [-0.25, -0.2) is 0 Å². The Morgan fingerprint density at radius 3 is 2.83 bits per heavy atom. The molecule has 23 heavy (non-hydrogen) atoms. The molecule has 0 saturated heterocycles. The van der Waals surface area contributed by atoms with Crippen LogP contribution in [0.15, 0.2) is 36.4 Å². The first-order valence-corrected chi connectivity index (χ1v) is 7.79. The van der Waals surface area contributed by atoms with Crippen molar-refractivity contribution in [3.63, 3.8) is 0 Å². The van der Waals surface area contributed by atoms with Crippen molar-refractivity contribution < 1.29 is 14.2 Å². The lowest BCUT2D eigenvalue weighted by atomic mass is 10.1. The van der Waals surface area contributed by atoms with Crippen molar-refractivity contribution in [3.8, 4) is 17.2 Å². The first-order chi connectivity index (χ1) is 11.2. The molecule has 120 valence electrons. The Balaban J connectivity index is 1.64. The second kappa shape index (κ2) is 5.57. The molecule has 0 atom stereocenters. The van der Waals surface area contributed by atoms with Gasteiger partial charge in [-0.05, 0) is 18.2 Å². The Hall–Kier alpha value is -2.56. The molecule has 0 aromatic heterocycles. The number of hydrogen-bond donors (Lipinski definition) is 0. The molecule has 4 rings (SSSR count). The van der Waals surface area contributed by atoms with Crippen molar-refractivity contribution in [1.82, 2.24) is 0 Å². The number of anilines is 2. The molecule has 0 amide bonds. The summed E-state index contributed by atoms with van der Waals surface area (Å²) in [6.45, 7) is 2.64. The van der Waals surface area contributed by atoms with E-state index >= 15 is 0 Å². The van der Waals surface area contributed by atoms with Crippen LogP contribution in [0.3, 0.4) is 0 Å². The molecular weight excluding hydrogens is 292 g/mol. The predicted molar refractivity (Wildman–Crippen MR) is 89.9 cm³/mol. The molecule has 2 heterocycles. The topological polar surface area (TPSA) is 34.2 Å². The summed E-state index contributed by atoms with van der Waals surface area (Å²) in [6, 6.07) is 12.4. The van der Waals surface area contributed by atoms with Gasteiger partial charge in [0, 0.05) is 38.0 Å². The number of ether oxygens (including phenoxy) is 3. The fourth-order valence-corrected chi connectivity index (χ4v) is 3.03.